The van der Waals surface area contributed by atoms with Crippen LogP contribution in [0, 0.1) is 34.4 Å². The third-order valence-corrected chi connectivity index (χ3v) is 14.4. The number of anilines is 1. The lowest BCUT2D eigenvalue weighted by molar-refractivity contribution is -0.177. The number of hydrogen-bond donors (Lipinski definition) is 3. The molecule has 5 aliphatic carbocycles. The molecule has 1 aliphatic heterocycles. The van der Waals surface area contributed by atoms with E-state index in [0.29, 0.717) is 25.0 Å². The molecule has 0 radical (unpaired) electrons. The van der Waals surface area contributed by atoms with E-state index in [9.17, 15) is 29.4 Å². The number of allylic oxidation sites excluding steroid dienone is 4. The highest BCUT2D eigenvalue weighted by atomic mass is 35.5. The van der Waals surface area contributed by atoms with Crippen molar-refractivity contribution in [1.82, 2.24) is 4.57 Å². The number of rotatable bonds is 7. The van der Waals surface area contributed by atoms with Gasteiger partial charge < -0.3 is 30.2 Å². The number of Topliss-reactive ketones (excluding diaryl/α,β-unsaturated/α-hetero) is 1. The van der Waals surface area contributed by atoms with Crippen molar-refractivity contribution in [3.05, 3.63) is 62.7 Å². The Hall–Kier alpha value is -3.38. The lowest BCUT2D eigenvalue weighted by atomic mass is 9.46. The Bertz CT molecular complexity index is 2030. The molecule has 284 valence electrons. The lowest BCUT2D eigenvalue weighted by Crippen LogP contribution is -2.61. The molecule has 4 saturated carbocycles. The van der Waals surface area contributed by atoms with E-state index in [1.807, 2.05) is 17.9 Å². The first-order valence-corrected chi connectivity index (χ1v) is 19.7. The molecule has 2 aromatic rings. The number of esters is 1. The zero-order valence-electron chi connectivity index (χ0n) is 30.4. The van der Waals surface area contributed by atoms with Gasteiger partial charge >= 0.3 is 5.97 Å². The van der Waals surface area contributed by atoms with Gasteiger partial charge in [0.05, 0.1) is 34.3 Å². The summed E-state index contributed by atoms with van der Waals surface area (Å²) in [5.41, 5.74) is 3.82. The minimum absolute atomic E-state index is 0.0147. The van der Waals surface area contributed by atoms with Crippen LogP contribution in [-0.2, 0) is 14.3 Å². The number of ketones is 2. The Kier molecular flexibility index (Phi) is 9.07. The second kappa shape index (κ2) is 13.1. The smallest absolute Gasteiger partial charge is 0.343 e. The van der Waals surface area contributed by atoms with E-state index in [0.717, 1.165) is 56.6 Å². The minimum Gasteiger partial charge on any atom is -0.461 e. The van der Waals surface area contributed by atoms with Crippen LogP contribution in [0.5, 0.6) is 0 Å². The Labute approximate surface area is 313 Å². The molecule has 6 aliphatic rings. The fourth-order valence-electron chi connectivity index (χ4n) is 11.2. The predicted molar refractivity (Wildman–Crippen MR) is 198 cm³/mol. The summed E-state index contributed by atoms with van der Waals surface area (Å²) in [5.74, 6) is -2.19. The molecule has 10 nitrogen and oxygen atoms in total. The number of aliphatic hydroxyl groups is 2. The van der Waals surface area contributed by atoms with E-state index in [1.165, 1.54) is 6.20 Å². The number of nitrogens with two attached hydrogens (primary N) is 1. The molecule has 1 aromatic heterocycles. The molecular weight excluding hydrogens is 701 g/mol. The van der Waals surface area contributed by atoms with Crippen molar-refractivity contribution in [3.63, 3.8) is 0 Å². The van der Waals surface area contributed by atoms with E-state index in [2.05, 4.69) is 6.92 Å². The monoisotopic (exact) mass is 749 g/mol. The predicted octanol–water partition coefficient (Wildman–Crippen LogP) is 5.57. The Morgan fingerprint density at radius 3 is 2.66 bits per heavy atom. The van der Waals surface area contributed by atoms with Gasteiger partial charge in [-0.3, -0.25) is 14.4 Å². The van der Waals surface area contributed by atoms with Gasteiger partial charge in [0.2, 0.25) is 5.43 Å². The average molecular weight is 750 g/mol. The van der Waals surface area contributed by atoms with Crippen LogP contribution in [0.3, 0.4) is 0 Å². The van der Waals surface area contributed by atoms with Crippen LogP contribution in [0.1, 0.15) is 101 Å². The summed E-state index contributed by atoms with van der Waals surface area (Å²) in [6, 6.07) is 1.00. The lowest BCUT2D eigenvalue weighted by Gasteiger charge is -2.59. The third-order valence-electron chi connectivity index (χ3n) is 14.0. The van der Waals surface area contributed by atoms with Gasteiger partial charge in [-0.25, -0.2) is 9.18 Å². The standard InChI is InChI=1S/C41H49ClFN3O7/c1-39-13-10-25(47)17-22(39)6-9-26-29-11-14-41(52,40(29,2)19-31(48)33(26)39)32(49)12-16-53-38(51)28-21-46(24-7-8-24)35-27(37(28)50)18-30(43)36(34(35)42)45-15-4-3-5-23(44)20-45/h10,13,17-18,21,23-24,26,29,31,33,48,52H,3-9,11-12,14-16,19-20,44H2,1-2H3/t23-,26+,29+,31+,33?,39+,40+,41+/m1/s1. The molecule has 8 atom stereocenters. The number of carbonyl (C=O) groups is 3. The van der Waals surface area contributed by atoms with Crippen LogP contribution in [0.4, 0.5) is 10.1 Å². The zero-order chi connectivity index (χ0) is 37.6. The second-order valence-electron chi connectivity index (χ2n) is 17.0. The summed E-state index contributed by atoms with van der Waals surface area (Å²) < 4.78 is 23.1. The van der Waals surface area contributed by atoms with E-state index >= 15 is 4.39 Å². The quantitative estimate of drug-likeness (QED) is 0.309. The van der Waals surface area contributed by atoms with Gasteiger partial charge in [-0.15, -0.1) is 0 Å². The molecule has 12 heteroatoms. The summed E-state index contributed by atoms with van der Waals surface area (Å²) in [5, 5.41) is 23.9. The van der Waals surface area contributed by atoms with Crippen LogP contribution < -0.4 is 16.1 Å². The van der Waals surface area contributed by atoms with Gasteiger partial charge in [-0.2, -0.15) is 0 Å². The van der Waals surface area contributed by atoms with Crippen molar-refractivity contribution < 1.29 is 33.7 Å². The summed E-state index contributed by atoms with van der Waals surface area (Å²) >= 11 is 6.91. The van der Waals surface area contributed by atoms with Crippen molar-refractivity contribution in [2.45, 2.75) is 108 Å². The normalized spacial score (nSPS) is 35.3. The number of fused-ring (bicyclic) bond motifs is 6. The molecule has 1 aromatic carbocycles. The van der Waals surface area contributed by atoms with E-state index in [4.69, 9.17) is 22.1 Å². The summed E-state index contributed by atoms with van der Waals surface area (Å²) in [6.07, 6.45) is 12.4. The van der Waals surface area contributed by atoms with Crippen LogP contribution in [0.15, 0.2) is 40.9 Å². The molecule has 2 heterocycles. The molecule has 5 fully saturated rings. The topological polar surface area (TPSA) is 152 Å². The number of ether oxygens (including phenoxy) is 1. The van der Waals surface area contributed by atoms with Gasteiger partial charge in [0.1, 0.15) is 17.0 Å². The van der Waals surface area contributed by atoms with Crippen LogP contribution >= 0.6 is 11.6 Å². The molecule has 1 unspecified atom stereocenters. The van der Waals surface area contributed by atoms with E-state index < -0.39 is 45.5 Å². The zero-order valence-corrected chi connectivity index (χ0v) is 31.2. The largest absolute Gasteiger partial charge is 0.461 e. The molecular formula is C41H49ClFN3O7. The maximum atomic E-state index is 15.8. The minimum atomic E-state index is -1.73. The number of pyridine rings is 1. The SMILES string of the molecule is C[C@]12C=CC(=O)C=C1CC[C@@H]1C2[C@@H](O)C[C@@]2(C)[C@H]1CC[C@]2(O)C(=O)CCOC(=O)c1cn(C2CC2)c2c(Cl)c(N3CCCC[C@@H](N)C3)c(F)cc2c1=O. The summed E-state index contributed by atoms with van der Waals surface area (Å²) in [6.45, 7) is 4.64. The third kappa shape index (κ3) is 5.75. The molecule has 4 N–H and O–H groups in total. The number of halogens is 2. The van der Waals surface area contributed by atoms with E-state index in [-0.39, 0.29) is 83.1 Å². The number of aliphatic hydroxyl groups excluding tert-OH is 1. The van der Waals surface area contributed by atoms with Crippen molar-refractivity contribution >= 4 is 45.7 Å². The highest BCUT2D eigenvalue weighted by molar-refractivity contribution is 6.38. The van der Waals surface area contributed by atoms with Gasteiger partial charge in [-0.05, 0) is 87.8 Å². The average Bonchev–Trinajstić information content (AvgIpc) is 3.93. The van der Waals surface area contributed by atoms with Gasteiger partial charge in [0.15, 0.2) is 11.6 Å². The van der Waals surface area contributed by atoms with Crippen molar-refractivity contribution in [1.29, 1.82) is 0 Å². The molecule has 0 amide bonds. The Balaban J connectivity index is 1.000. The highest BCUT2D eigenvalue weighted by Gasteiger charge is 2.68. The number of aromatic nitrogens is 1. The molecule has 0 spiro atoms. The number of hydrogen-bond acceptors (Lipinski definition) is 9. The van der Waals surface area contributed by atoms with Gasteiger partial charge in [-0.1, -0.05) is 43.5 Å². The molecule has 0 bridgehead atoms. The summed E-state index contributed by atoms with van der Waals surface area (Å²) in [4.78, 5) is 55.1. The van der Waals surface area contributed by atoms with E-state index in [1.54, 1.807) is 16.7 Å². The number of benzene rings is 1. The second-order valence-corrected chi connectivity index (χ2v) is 17.4. The van der Waals surface area contributed by atoms with Gasteiger partial charge in [0.25, 0.3) is 0 Å². The maximum absolute atomic E-state index is 15.8. The van der Waals surface area contributed by atoms with Crippen LogP contribution in [0.25, 0.3) is 10.9 Å². The fraction of sp³-hybridized carbons (Fsp3) is 0.610. The van der Waals surface area contributed by atoms with Crippen LogP contribution in [0.2, 0.25) is 5.02 Å². The van der Waals surface area contributed by atoms with Crippen molar-refractivity contribution in [3.8, 4) is 0 Å². The van der Waals surface area contributed by atoms with Crippen molar-refractivity contribution in [2.75, 3.05) is 24.6 Å². The maximum Gasteiger partial charge on any atom is 0.343 e. The Morgan fingerprint density at radius 1 is 1.13 bits per heavy atom. The Morgan fingerprint density at radius 2 is 1.91 bits per heavy atom. The number of nitrogens with zero attached hydrogens (tertiary/aromatic N) is 2. The first-order chi connectivity index (χ1) is 25.2. The first kappa shape index (κ1) is 36.6. The molecule has 8 rings (SSSR count). The fourth-order valence-corrected chi connectivity index (χ4v) is 11.6. The van der Waals surface area contributed by atoms with Gasteiger partial charge in [0, 0.05) is 54.5 Å². The highest BCUT2D eigenvalue weighted by Crippen LogP contribution is 2.67. The first-order valence-electron chi connectivity index (χ1n) is 19.3. The molecule has 1 saturated heterocycles. The molecule has 53 heavy (non-hydrogen) atoms. The van der Waals surface area contributed by atoms with Crippen molar-refractivity contribution in [2.24, 2.45) is 34.3 Å². The summed E-state index contributed by atoms with van der Waals surface area (Å²) in [7, 11) is 0. The number of carbonyl (C=O) groups excluding carboxylic acids is 3. The van der Waals surface area contributed by atoms with Crippen LogP contribution in [-0.4, -0.2) is 69.8 Å².